The van der Waals surface area contributed by atoms with Crippen molar-refractivity contribution in [3.63, 3.8) is 0 Å². The Balaban J connectivity index is 2.67. The van der Waals surface area contributed by atoms with Crippen LogP contribution in [0.5, 0.6) is 0 Å². The average Bonchev–Trinajstić information content (AvgIpc) is 2.29. The van der Waals surface area contributed by atoms with Gasteiger partial charge in [-0.1, -0.05) is 0 Å². The third kappa shape index (κ3) is 4.56. The summed E-state index contributed by atoms with van der Waals surface area (Å²) in [5.41, 5.74) is 8.09. The molecule has 4 N–H and O–H groups in total. The summed E-state index contributed by atoms with van der Waals surface area (Å²) in [6.45, 7) is 6.62. The third-order valence-electron chi connectivity index (χ3n) is 2.67. The van der Waals surface area contributed by atoms with Crippen LogP contribution >= 0.6 is 0 Å². The Labute approximate surface area is 103 Å². The lowest BCUT2D eigenvalue weighted by Crippen LogP contribution is -2.36. The van der Waals surface area contributed by atoms with Crippen molar-refractivity contribution in [2.24, 2.45) is 10.7 Å². The number of rotatable bonds is 6. The highest BCUT2D eigenvalue weighted by Gasteiger charge is 2.14. The fourth-order valence-electron chi connectivity index (χ4n) is 1.78. The first-order chi connectivity index (χ1) is 8.15. The predicted octanol–water partition coefficient (Wildman–Crippen LogP) is 0.180. The van der Waals surface area contributed by atoms with Gasteiger partial charge in [0.2, 0.25) is 0 Å². The highest BCUT2D eigenvalue weighted by atomic mass is 16.1. The molecule has 0 aromatic rings. The van der Waals surface area contributed by atoms with Crippen molar-refractivity contribution in [2.45, 2.75) is 26.7 Å². The molecule has 0 atom stereocenters. The van der Waals surface area contributed by atoms with E-state index in [4.69, 9.17) is 5.73 Å². The highest BCUT2D eigenvalue weighted by molar-refractivity contribution is 5.98. The Morgan fingerprint density at radius 1 is 1.59 bits per heavy atom. The van der Waals surface area contributed by atoms with Crippen LogP contribution < -0.4 is 16.4 Å². The zero-order valence-corrected chi connectivity index (χ0v) is 10.7. The number of nitrogens with zero attached hydrogens (tertiary/aromatic N) is 1. The molecule has 0 radical (unpaired) electrons. The fourth-order valence-corrected chi connectivity index (χ4v) is 1.78. The second-order valence-corrected chi connectivity index (χ2v) is 4.12. The lowest BCUT2D eigenvalue weighted by atomic mass is 10.1. The van der Waals surface area contributed by atoms with E-state index in [2.05, 4.69) is 15.6 Å². The fraction of sp³-hybridized carbons (Fsp3) is 0.667. The normalized spacial score (nSPS) is 17.2. The van der Waals surface area contributed by atoms with Crippen LogP contribution in [-0.4, -0.2) is 37.8 Å². The van der Waals surface area contributed by atoms with Gasteiger partial charge in [0.25, 0.3) is 0 Å². The minimum Gasteiger partial charge on any atom is -0.387 e. The molecule has 0 unspecified atom stereocenters. The molecular weight excluding hydrogens is 216 g/mol. The van der Waals surface area contributed by atoms with Gasteiger partial charge in [0.15, 0.2) is 0 Å². The smallest absolute Gasteiger partial charge is 0.131 e. The molecule has 0 bridgehead atoms. The number of ketones is 1. The minimum atomic E-state index is 0.198. The van der Waals surface area contributed by atoms with Crippen LogP contribution in [0.2, 0.25) is 0 Å². The first kappa shape index (κ1) is 13.7. The number of carbonyl (C=O) groups is 1. The Kier molecular flexibility index (Phi) is 5.69. The molecule has 0 aliphatic carbocycles. The van der Waals surface area contributed by atoms with Gasteiger partial charge in [-0.3, -0.25) is 9.79 Å². The maximum Gasteiger partial charge on any atom is 0.131 e. The van der Waals surface area contributed by atoms with Crippen molar-refractivity contribution in [1.29, 1.82) is 0 Å². The maximum absolute atomic E-state index is 10.9. The van der Waals surface area contributed by atoms with Crippen LogP contribution in [0.3, 0.4) is 0 Å². The molecular formula is C12H22N4O. The Hall–Kier alpha value is -1.36. The second-order valence-electron chi connectivity index (χ2n) is 4.12. The first-order valence-corrected chi connectivity index (χ1v) is 6.11. The molecule has 1 heterocycles. The van der Waals surface area contributed by atoms with E-state index in [0.29, 0.717) is 25.3 Å². The van der Waals surface area contributed by atoms with Crippen LogP contribution in [0.1, 0.15) is 26.7 Å². The lowest BCUT2D eigenvalue weighted by Gasteiger charge is -2.22. The number of hydrogen-bond donors (Lipinski definition) is 3. The van der Waals surface area contributed by atoms with Crippen molar-refractivity contribution >= 4 is 11.6 Å². The molecule has 96 valence electrons. The van der Waals surface area contributed by atoms with Crippen LogP contribution in [0.15, 0.2) is 16.3 Å². The van der Waals surface area contributed by atoms with Crippen LogP contribution in [-0.2, 0) is 4.79 Å². The van der Waals surface area contributed by atoms with E-state index < -0.39 is 0 Å². The predicted molar refractivity (Wildman–Crippen MR) is 70.0 cm³/mol. The molecule has 0 spiro atoms. The minimum absolute atomic E-state index is 0.198. The number of carbonyl (C=O) groups excluding carboxylic acids is 1. The Morgan fingerprint density at radius 3 is 3.00 bits per heavy atom. The van der Waals surface area contributed by atoms with Crippen LogP contribution in [0, 0.1) is 0 Å². The molecule has 0 aromatic carbocycles. The molecule has 5 nitrogen and oxygen atoms in total. The molecule has 0 saturated heterocycles. The SMILES string of the molecule is CCN=C(N)C1=C(NCCC(C)=O)CCNC1. The van der Waals surface area contributed by atoms with Gasteiger partial charge in [0.05, 0.1) is 0 Å². The summed E-state index contributed by atoms with van der Waals surface area (Å²) in [6.07, 6.45) is 1.46. The quantitative estimate of drug-likeness (QED) is 0.455. The summed E-state index contributed by atoms with van der Waals surface area (Å²) < 4.78 is 0. The molecule has 17 heavy (non-hydrogen) atoms. The number of Topliss-reactive ketones (excluding diaryl/α,β-unsaturated/α-hetero) is 1. The molecule has 1 aliphatic heterocycles. The van der Waals surface area contributed by atoms with Gasteiger partial charge in [-0.15, -0.1) is 0 Å². The Bertz CT molecular complexity index is 333. The third-order valence-corrected chi connectivity index (χ3v) is 2.67. The Morgan fingerprint density at radius 2 is 2.35 bits per heavy atom. The van der Waals surface area contributed by atoms with Gasteiger partial charge in [-0.25, -0.2) is 0 Å². The van der Waals surface area contributed by atoms with Gasteiger partial charge in [-0.05, 0) is 13.8 Å². The topological polar surface area (TPSA) is 79.5 Å². The summed E-state index contributed by atoms with van der Waals surface area (Å²) in [7, 11) is 0. The zero-order valence-electron chi connectivity index (χ0n) is 10.7. The number of nitrogens with one attached hydrogen (secondary N) is 2. The van der Waals surface area contributed by atoms with Crippen molar-refractivity contribution < 1.29 is 4.79 Å². The van der Waals surface area contributed by atoms with E-state index in [-0.39, 0.29) is 5.78 Å². The summed E-state index contributed by atoms with van der Waals surface area (Å²) in [5.74, 6) is 0.800. The average molecular weight is 238 g/mol. The number of amidine groups is 1. The zero-order chi connectivity index (χ0) is 12.7. The number of hydrogen-bond acceptors (Lipinski definition) is 4. The van der Waals surface area contributed by atoms with E-state index in [0.717, 1.165) is 30.8 Å². The summed E-state index contributed by atoms with van der Waals surface area (Å²) in [6, 6.07) is 0. The molecule has 1 aliphatic rings. The van der Waals surface area contributed by atoms with Gasteiger partial charge in [0, 0.05) is 50.3 Å². The first-order valence-electron chi connectivity index (χ1n) is 6.11. The number of nitrogens with two attached hydrogens (primary N) is 1. The monoisotopic (exact) mass is 238 g/mol. The van der Waals surface area contributed by atoms with Gasteiger partial charge < -0.3 is 16.4 Å². The van der Waals surface area contributed by atoms with E-state index in [9.17, 15) is 4.79 Å². The van der Waals surface area contributed by atoms with Crippen molar-refractivity contribution in [1.82, 2.24) is 10.6 Å². The van der Waals surface area contributed by atoms with Crippen molar-refractivity contribution in [3.05, 3.63) is 11.3 Å². The molecule has 0 fully saturated rings. The number of aliphatic imine (C=N–C) groups is 1. The molecule has 1 rings (SSSR count). The molecule has 0 aromatic heterocycles. The molecule has 5 heteroatoms. The molecule has 0 saturated carbocycles. The summed E-state index contributed by atoms with van der Waals surface area (Å²) >= 11 is 0. The maximum atomic E-state index is 10.9. The van der Waals surface area contributed by atoms with E-state index >= 15 is 0 Å². The lowest BCUT2D eigenvalue weighted by molar-refractivity contribution is -0.116. The van der Waals surface area contributed by atoms with Gasteiger partial charge >= 0.3 is 0 Å². The van der Waals surface area contributed by atoms with Crippen LogP contribution in [0.25, 0.3) is 0 Å². The largest absolute Gasteiger partial charge is 0.387 e. The van der Waals surface area contributed by atoms with E-state index in [1.165, 1.54) is 0 Å². The van der Waals surface area contributed by atoms with Gasteiger partial charge in [0.1, 0.15) is 11.6 Å². The second kappa shape index (κ2) is 7.06. The summed E-state index contributed by atoms with van der Waals surface area (Å²) in [4.78, 5) is 15.1. The molecule has 0 amide bonds. The highest BCUT2D eigenvalue weighted by Crippen LogP contribution is 2.10. The van der Waals surface area contributed by atoms with Crippen molar-refractivity contribution in [2.75, 3.05) is 26.2 Å². The van der Waals surface area contributed by atoms with Crippen molar-refractivity contribution in [3.8, 4) is 0 Å². The summed E-state index contributed by atoms with van der Waals surface area (Å²) in [5, 5.41) is 6.58. The van der Waals surface area contributed by atoms with E-state index in [1.54, 1.807) is 6.92 Å². The van der Waals surface area contributed by atoms with Gasteiger partial charge in [-0.2, -0.15) is 0 Å². The van der Waals surface area contributed by atoms with E-state index in [1.807, 2.05) is 6.92 Å². The standard InChI is InChI=1S/C12H22N4O/c1-3-15-12(13)10-8-14-6-5-11(10)16-7-4-9(2)17/h14,16H,3-8H2,1-2H3,(H2,13,15). The van der Waals surface area contributed by atoms with Crippen LogP contribution in [0.4, 0.5) is 0 Å².